The van der Waals surface area contributed by atoms with Crippen molar-refractivity contribution in [2.75, 3.05) is 0 Å². The van der Waals surface area contributed by atoms with Crippen LogP contribution in [-0.4, -0.2) is 9.97 Å². The minimum atomic E-state index is -2.74. The zero-order valence-electron chi connectivity index (χ0n) is 52.5. The number of para-hydroxylation sites is 1. The molecule has 0 fully saturated rings. The van der Waals surface area contributed by atoms with Gasteiger partial charge in [-0.05, 0) is 117 Å². The Balaban J connectivity index is 0.000000262. The monoisotopic (exact) mass is 1030 g/mol. The molecule has 0 atom stereocenters. The normalized spacial score (nSPS) is 16.5. The Hall–Kier alpha value is -5.93. The number of benzene rings is 6. The van der Waals surface area contributed by atoms with E-state index in [1.165, 1.54) is 48.7 Å². The van der Waals surface area contributed by atoms with Crippen LogP contribution in [0.2, 0.25) is 0 Å². The molecule has 0 amide bonds. The summed E-state index contributed by atoms with van der Waals surface area (Å²) >= 11 is 0. The van der Waals surface area contributed by atoms with E-state index in [2.05, 4.69) is 22.1 Å². The van der Waals surface area contributed by atoms with Crippen molar-refractivity contribution in [1.82, 2.24) is 9.97 Å². The molecule has 6 aromatic carbocycles. The first-order valence-electron chi connectivity index (χ1n) is 28.7. The van der Waals surface area contributed by atoms with Gasteiger partial charge in [0.25, 0.3) is 0 Å². The van der Waals surface area contributed by atoms with Gasteiger partial charge in [0.05, 0.1) is 5.58 Å². The molecule has 0 aliphatic heterocycles. The van der Waals surface area contributed by atoms with Crippen molar-refractivity contribution in [3.05, 3.63) is 191 Å². The van der Waals surface area contributed by atoms with Crippen LogP contribution in [0.1, 0.15) is 96.9 Å². The van der Waals surface area contributed by atoms with Crippen molar-refractivity contribution in [3.63, 3.8) is 0 Å². The summed E-state index contributed by atoms with van der Waals surface area (Å²) in [6.45, 7) is 0.448. The second-order valence-electron chi connectivity index (χ2n) is 17.6. The molecule has 3 nitrogen and oxygen atoms in total. The topological polar surface area (TPSA) is 38.9 Å². The quantitative estimate of drug-likeness (QED) is 0.149. The number of rotatable bonds is 7. The molecule has 9 rings (SSSR count). The number of aromatic nitrogens is 2. The first-order valence-corrected chi connectivity index (χ1v) is 20.7. The van der Waals surface area contributed by atoms with Crippen molar-refractivity contribution in [3.8, 4) is 55.9 Å². The molecule has 4 heteroatoms. The number of fused-ring (bicyclic) bond motifs is 3. The van der Waals surface area contributed by atoms with E-state index in [-0.39, 0.29) is 70.2 Å². The minimum Gasteiger partial charge on any atom is -0.501 e. The molecular formula is C60H58IrN2O-2. The van der Waals surface area contributed by atoms with Gasteiger partial charge in [-0.2, -0.15) is 0 Å². The van der Waals surface area contributed by atoms with Gasteiger partial charge >= 0.3 is 0 Å². The zero-order chi connectivity index (χ0) is 58.1. The molecule has 3 heterocycles. The van der Waals surface area contributed by atoms with Gasteiger partial charge in [0.2, 0.25) is 0 Å². The largest absolute Gasteiger partial charge is 0.501 e. The van der Waals surface area contributed by atoms with Crippen molar-refractivity contribution >= 4 is 21.9 Å². The molecule has 0 saturated carbocycles. The maximum atomic E-state index is 8.71. The Morgan fingerprint density at radius 2 is 1.23 bits per heavy atom. The van der Waals surface area contributed by atoms with Crippen LogP contribution in [0.3, 0.4) is 0 Å². The molecule has 0 bridgehead atoms. The van der Waals surface area contributed by atoms with Gasteiger partial charge in [-0.15, -0.1) is 47.5 Å². The van der Waals surface area contributed by atoms with Crippen LogP contribution in [0.5, 0.6) is 0 Å². The number of nitrogens with zero attached hydrogens (tertiary/aromatic N) is 2. The molecule has 64 heavy (non-hydrogen) atoms. The van der Waals surface area contributed by atoms with Gasteiger partial charge in [0.1, 0.15) is 5.58 Å². The van der Waals surface area contributed by atoms with Crippen LogP contribution < -0.4 is 0 Å². The van der Waals surface area contributed by atoms with Gasteiger partial charge in [-0.3, -0.25) is 0 Å². The Morgan fingerprint density at radius 1 is 0.547 bits per heavy atom. The predicted molar refractivity (Wildman–Crippen MR) is 266 cm³/mol. The van der Waals surface area contributed by atoms with E-state index in [1.54, 1.807) is 57.3 Å². The summed E-state index contributed by atoms with van der Waals surface area (Å²) in [4.78, 5) is 8.92. The minimum absolute atomic E-state index is 0. The number of furan rings is 1. The van der Waals surface area contributed by atoms with E-state index in [0.29, 0.717) is 44.8 Å². The summed E-state index contributed by atoms with van der Waals surface area (Å²) in [5.41, 5.74) is 4.48. The third kappa shape index (κ3) is 10.5. The molecule has 0 N–H and O–H groups in total. The van der Waals surface area contributed by atoms with E-state index < -0.39 is 51.0 Å². The van der Waals surface area contributed by atoms with Crippen molar-refractivity contribution in [1.29, 1.82) is 0 Å². The molecule has 0 unspecified atom stereocenters. The van der Waals surface area contributed by atoms with Crippen LogP contribution in [0, 0.1) is 50.4 Å². The molecule has 0 aliphatic carbocycles. The molecule has 3 aromatic heterocycles. The number of aryl methyl sites for hydroxylation is 4. The fourth-order valence-electron chi connectivity index (χ4n) is 7.51. The van der Waals surface area contributed by atoms with Crippen LogP contribution in [0.25, 0.3) is 77.8 Å². The zero-order valence-corrected chi connectivity index (χ0v) is 38.9. The first kappa shape index (κ1) is 29.5. The molecule has 325 valence electrons. The second kappa shape index (κ2) is 19.0. The Kier molecular flexibility index (Phi) is 8.78. The van der Waals surface area contributed by atoms with E-state index in [4.69, 9.17) is 26.3 Å². The molecule has 1 radical (unpaired) electrons. The van der Waals surface area contributed by atoms with Gasteiger partial charge in [-0.1, -0.05) is 168 Å². The number of hydrogen-bond acceptors (Lipinski definition) is 3. The summed E-state index contributed by atoms with van der Waals surface area (Å²) < 4.78 is 139. The Bertz CT molecular complexity index is 3700. The van der Waals surface area contributed by atoms with E-state index in [1.807, 2.05) is 81.4 Å². The number of hydrogen-bond donors (Lipinski definition) is 0. The van der Waals surface area contributed by atoms with Gasteiger partial charge < -0.3 is 14.4 Å². The average Bonchev–Trinajstić information content (AvgIpc) is 3.80. The van der Waals surface area contributed by atoms with E-state index in [0.717, 1.165) is 16.3 Å². The van der Waals surface area contributed by atoms with E-state index >= 15 is 0 Å². The van der Waals surface area contributed by atoms with Crippen LogP contribution >= 0.6 is 0 Å². The standard InChI is InChI=1S/C37H34NO.C23H24N.Ir/c1-23-18-26(21-37(4,5)6)14-16-28(23)27-15-17-29(24(2)19-27)33-20-34(38-22-25(33)3)32-12-9-11-31-30-10-7-8-13-35(30)39-36(31)32;1-17-10-12-20(14-21(17)19-8-6-5-7-9-19)22-13-11-18(16-24-22)15-23(2,3)4;/h7-11,13-20,22H,21H2,1-6H3;5-11,13-14,16H,15H2,1-4H3;/q2*-1;/i1D3,2D3,3D3,21D2;1D3,15D2;. The second-order valence-corrected chi connectivity index (χ2v) is 17.6. The molecule has 0 saturated heterocycles. The van der Waals surface area contributed by atoms with Crippen molar-refractivity contribution in [2.24, 2.45) is 10.8 Å². The summed E-state index contributed by atoms with van der Waals surface area (Å²) in [5.74, 6) is 0. The fourth-order valence-corrected chi connectivity index (χ4v) is 7.51. The third-order valence-corrected chi connectivity index (χ3v) is 10.3. The summed E-state index contributed by atoms with van der Waals surface area (Å²) in [7, 11) is 0. The van der Waals surface area contributed by atoms with Crippen LogP contribution in [-0.2, 0) is 32.9 Å². The Labute approximate surface area is 416 Å². The van der Waals surface area contributed by atoms with Crippen molar-refractivity contribution < 1.29 is 46.5 Å². The first-order chi connectivity index (χ1) is 36.5. The maximum absolute atomic E-state index is 8.71. The van der Waals surface area contributed by atoms with Gasteiger partial charge in [0, 0.05) is 59.8 Å². The van der Waals surface area contributed by atoms with E-state index in [9.17, 15) is 0 Å². The van der Waals surface area contributed by atoms with Crippen LogP contribution in [0.15, 0.2) is 150 Å². The SMILES string of the molecule is [2H]C([2H])([2H])c1c[c-]c(-c2ccc(C([2H])([2H])C(C)(C)C)cn2)cc1-c1ccccc1.[2H]C([2H])([2H])c1cc(C([2H])([2H])C(C)(C)C)ccc1-c1ccc(-c2cc(-c3[c-]ccc4c3oc3ccccc34)ncc2C([2H])([2H])[2H])c(C([2H])([2H])[2H])c1.[Ir]. The number of pyridine rings is 2. The predicted octanol–water partition coefficient (Wildman–Crippen LogP) is 16.4. The van der Waals surface area contributed by atoms with Crippen molar-refractivity contribution in [2.45, 2.75) is 81.7 Å². The van der Waals surface area contributed by atoms with Gasteiger partial charge in [-0.25, -0.2) is 0 Å². The smallest absolute Gasteiger partial charge is 0.120 e. The summed E-state index contributed by atoms with van der Waals surface area (Å²) in [6, 6.07) is 43.8. The van der Waals surface area contributed by atoms with Gasteiger partial charge in [0.15, 0.2) is 0 Å². The Morgan fingerprint density at radius 3 is 1.97 bits per heavy atom. The third-order valence-electron chi connectivity index (χ3n) is 10.3. The molecule has 9 aromatic rings. The summed E-state index contributed by atoms with van der Waals surface area (Å²) in [6.07, 6.45) is -0.621. The summed E-state index contributed by atoms with van der Waals surface area (Å²) in [5, 5.41) is 1.70. The maximum Gasteiger partial charge on any atom is 0.120 e. The molecule has 0 spiro atoms. The van der Waals surface area contributed by atoms with Crippen LogP contribution in [0.4, 0.5) is 0 Å². The molecular weight excluding hydrogens is 957 g/mol. The fraction of sp³-hybridized carbons (Fsp3) is 0.233. The average molecular weight is 1030 g/mol. The molecule has 0 aliphatic rings.